The first-order chi connectivity index (χ1) is 7.65. The maximum absolute atomic E-state index is 11.7. The van der Waals surface area contributed by atoms with E-state index in [4.69, 9.17) is 17.3 Å². The molecule has 2 aromatic heterocycles. The van der Waals surface area contributed by atoms with Gasteiger partial charge in [0.25, 0.3) is 0 Å². The molecule has 2 N–H and O–H groups in total. The molecule has 3 aromatic rings. The van der Waals surface area contributed by atoms with Crippen LogP contribution in [0.15, 0.2) is 23.0 Å². The number of nitrogen functional groups attached to an aromatic ring is 1. The zero-order valence-corrected chi connectivity index (χ0v) is 9.42. The Balaban J connectivity index is 2.63. The predicted octanol–water partition coefficient (Wildman–Crippen LogP) is 1.54. The molecule has 3 rings (SSSR count). The van der Waals surface area contributed by atoms with E-state index in [9.17, 15) is 4.79 Å². The number of rotatable bonds is 0. The molecule has 5 nitrogen and oxygen atoms in total. The lowest BCUT2D eigenvalue weighted by Gasteiger charge is -1.94. The highest BCUT2D eigenvalue weighted by molar-refractivity contribution is 7.23. The van der Waals surface area contributed by atoms with Crippen LogP contribution in [0.3, 0.4) is 0 Å². The van der Waals surface area contributed by atoms with E-state index < -0.39 is 5.69 Å². The van der Waals surface area contributed by atoms with E-state index in [2.05, 4.69) is 9.97 Å². The third-order valence-electron chi connectivity index (χ3n) is 2.17. The molecule has 0 aliphatic carbocycles. The van der Waals surface area contributed by atoms with Gasteiger partial charge in [-0.15, -0.1) is 0 Å². The van der Waals surface area contributed by atoms with Crippen molar-refractivity contribution in [2.75, 3.05) is 5.73 Å². The number of benzene rings is 1. The van der Waals surface area contributed by atoms with E-state index >= 15 is 0 Å². The van der Waals surface area contributed by atoms with Crippen LogP contribution in [-0.2, 0) is 0 Å². The van der Waals surface area contributed by atoms with Crippen LogP contribution in [0.5, 0.6) is 0 Å². The summed E-state index contributed by atoms with van der Waals surface area (Å²) in [5.41, 5.74) is 5.69. The Kier molecular flexibility index (Phi) is 1.89. The highest BCUT2D eigenvalue weighted by Gasteiger charge is 2.09. The van der Waals surface area contributed by atoms with Gasteiger partial charge in [-0.05, 0) is 18.2 Å². The molecule has 0 aliphatic heterocycles. The van der Waals surface area contributed by atoms with Gasteiger partial charge >= 0.3 is 5.69 Å². The molecular weight excluding hydrogens is 248 g/mol. The van der Waals surface area contributed by atoms with Crippen LogP contribution >= 0.6 is 22.9 Å². The summed E-state index contributed by atoms with van der Waals surface area (Å²) in [5.74, 6) is -0.0114. The number of nitrogens with two attached hydrogens (primary N) is 1. The fourth-order valence-electron chi connectivity index (χ4n) is 1.53. The zero-order valence-electron chi connectivity index (χ0n) is 7.85. The Bertz CT molecular complexity index is 763. The van der Waals surface area contributed by atoms with Crippen molar-refractivity contribution in [2.45, 2.75) is 0 Å². The Morgan fingerprint density at radius 3 is 3.00 bits per heavy atom. The lowest BCUT2D eigenvalue weighted by Crippen LogP contribution is -2.18. The molecule has 0 radical (unpaired) electrons. The van der Waals surface area contributed by atoms with Gasteiger partial charge in [-0.25, -0.2) is 9.20 Å². The summed E-state index contributed by atoms with van der Waals surface area (Å²) in [4.78, 5) is 19.8. The molecule has 0 bridgehead atoms. The normalized spacial score (nSPS) is 11.3. The van der Waals surface area contributed by atoms with Crippen molar-refractivity contribution >= 4 is 44.1 Å². The summed E-state index contributed by atoms with van der Waals surface area (Å²) in [6, 6.07) is 5.31. The third-order valence-corrected chi connectivity index (χ3v) is 3.42. The molecule has 0 aliphatic rings. The fraction of sp³-hybridized carbons (Fsp3) is 0. The van der Waals surface area contributed by atoms with E-state index in [0.29, 0.717) is 15.5 Å². The minimum atomic E-state index is -0.434. The van der Waals surface area contributed by atoms with Crippen LogP contribution in [0.1, 0.15) is 0 Å². The van der Waals surface area contributed by atoms with E-state index in [1.54, 1.807) is 12.1 Å². The Hall–Kier alpha value is -1.66. The van der Waals surface area contributed by atoms with Crippen LogP contribution in [0, 0.1) is 0 Å². The molecule has 0 saturated heterocycles. The molecule has 2 heterocycles. The second-order valence-corrected chi connectivity index (χ2v) is 4.64. The highest BCUT2D eigenvalue weighted by atomic mass is 35.5. The van der Waals surface area contributed by atoms with Crippen LogP contribution in [0.2, 0.25) is 5.02 Å². The molecule has 0 unspecified atom stereocenters. The quantitative estimate of drug-likeness (QED) is 0.659. The van der Waals surface area contributed by atoms with Crippen molar-refractivity contribution in [2.24, 2.45) is 0 Å². The van der Waals surface area contributed by atoms with Crippen molar-refractivity contribution in [1.82, 2.24) is 14.4 Å². The first kappa shape index (κ1) is 9.56. The SMILES string of the molecule is Nc1nc(=O)n2c(n1)sc1ccc(Cl)cc12. The van der Waals surface area contributed by atoms with Crippen molar-refractivity contribution in [3.8, 4) is 0 Å². The van der Waals surface area contributed by atoms with Gasteiger partial charge in [-0.1, -0.05) is 22.9 Å². The summed E-state index contributed by atoms with van der Waals surface area (Å²) in [6.07, 6.45) is 0. The average molecular weight is 253 g/mol. The van der Waals surface area contributed by atoms with Crippen molar-refractivity contribution in [3.05, 3.63) is 33.7 Å². The molecular formula is C9H5ClN4OS. The minimum absolute atomic E-state index is 0.0114. The topological polar surface area (TPSA) is 73.3 Å². The molecule has 1 aromatic carbocycles. The molecule has 0 amide bonds. The molecule has 16 heavy (non-hydrogen) atoms. The van der Waals surface area contributed by atoms with E-state index in [1.165, 1.54) is 15.7 Å². The van der Waals surface area contributed by atoms with Crippen LogP contribution in [-0.4, -0.2) is 14.4 Å². The second-order valence-electron chi connectivity index (χ2n) is 3.20. The molecule has 0 atom stereocenters. The van der Waals surface area contributed by atoms with Gasteiger partial charge in [0.05, 0.1) is 10.2 Å². The number of thiazole rings is 1. The molecule has 0 saturated carbocycles. The van der Waals surface area contributed by atoms with Crippen LogP contribution < -0.4 is 11.4 Å². The van der Waals surface area contributed by atoms with Gasteiger partial charge in [0.15, 0.2) is 0 Å². The Morgan fingerprint density at radius 1 is 1.38 bits per heavy atom. The summed E-state index contributed by atoms with van der Waals surface area (Å²) in [6.45, 7) is 0. The number of aromatic nitrogens is 3. The summed E-state index contributed by atoms with van der Waals surface area (Å²) >= 11 is 7.26. The van der Waals surface area contributed by atoms with E-state index in [-0.39, 0.29) is 5.95 Å². The summed E-state index contributed by atoms with van der Waals surface area (Å²) in [5, 5.41) is 0.566. The summed E-state index contributed by atoms with van der Waals surface area (Å²) in [7, 11) is 0. The smallest absolute Gasteiger partial charge is 0.357 e. The van der Waals surface area contributed by atoms with Gasteiger partial charge in [-0.3, -0.25) is 0 Å². The molecule has 7 heteroatoms. The van der Waals surface area contributed by atoms with Crippen molar-refractivity contribution in [3.63, 3.8) is 0 Å². The van der Waals surface area contributed by atoms with E-state index in [1.807, 2.05) is 6.07 Å². The standard InChI is InChI=1S/C9H5ClN4OS/c10-4-1-2-6-5(3-4)14-8(15)12-7(11)13-9(14)16-6/h1-3H,(H2,11,12,15). The second kappa shape index (κ2) is 3.16. The van der Waals surface area contributed by atoms with Gasteiger partial charge in [-0.2, -0.15) is 9.97 Å². The number of fused-ring (bicyclic) bond motifs is 3. The molecule has 0 spiro atoms. The first-order valence-electron chi connectivity index (χ1n) is 4.39. The predicted molar refractivity (Wildman–Crippen MR) is 64.1 cm³/mol. The van der Waals surface area contributed by atoms with Gasteiger partial charge < -0.3 is 5.73 Å². The van der Waals surface area contributed by atoms with Crippen LogP contribution in [0.4, 0.5) is 5.95 Å². The Morgan fingerprint density at radius 2 is 2.19 bits per heavy atom. The largest absolute Gasteiger partial charge is 0.368 e. The molecule has 0 fully saturated rings. The Labute approximate surface area is 98.1 Å². The first-order valence-corrected chi connectivity index (χ1v) is 5.59. The highest BCUT2D eigenvalue weighted by Crippen LogP contribution is 2.26. The van der Waals surface area contributed by atoms with Crippen molar-refractivity contribution in [1.29, 1.82) is 0 Å². The fourth-order valence-corrected chi connectivity index (χ4v) is 2.69. The lowest BCUT2D eigenvalue weighted by atomic mass is 10.3. The van der Waals surface area contributed by atoms with Gasteiger partial charge in [0, 0.05) is 5.02 Å². The van der Waals surface area contributed by atoms with Crippen LogP contribution in [0.25, 0.3) is 15.2 Å². The van der Waals surface area contributed by atoms with E-state index in [0.717, 1.165) is 4.70 Å². The number of hydrogen-bond donors (Lipinski definition) is 1. The third kappa shape index (κ3) is 1.27. The van der Waals surface area contributed by atoms with Gasteiger partial charge in [0.2, 0.25) is 10.9 Å². The average Bonchev–Trinajstić information content (AvgIpc) is 2.54. The lowest BCUT2D eigenvalue weighted by molar-refractivity contribution is 0.997. The number of halogens is 1. The monoisotopic (exact) mass is 252 g/mol. The van der Waals surface area contributed by atoms with Gasteiger partial charge in [0.1, 0.15) is 0 Å². The molecule has 80 valence electrons. The maximum Gasteiger partial charge on any atom is 0.357 e. The maximum atomic E-state index is 11.7. The number of nitrogens with zero attached hydrogens (tertiary/aromatic N) is 3. The van der Waals surface area contributed by atoms with Crippen molar-refractivity contribution < 1.29 is 0 Å². The number of anilines is 1. The minimum Gasteiger partial charge on any atom is -0.368 e. The zero-order chi connectivity index (χ0) is 11.3. The summed E-state index contributed by atoms with van der Waals surface area (Å²) < 4.78 is 2.32. The number of hydrogen-bond acceptors (Lipinski definition) is 5.